The number of rotatable bonds is 6. The van der Waals surface area contributed by atoms with E-state index in [2.05, 4.69) is 4.90 Å². The second-order valence-corrected chi connectivity index (χ2v) is 6.52. The van der Waals surface area contributed by atoms with Crippen molar-refractivity contribution in [3.05, 3.63) is 30.1 Å². The molecule has 2 aliphatic rings. The number of benzene rings is 1. The van der Waals surface area contributed by atoms with Crippen LogP contribution in [0.3, 0.4) is 0 Å². The van der Waals surface area contributed by atoms with Crippen molar-refractivity contribution in [1.82, 2.24) is 9.80 Å². The standard InChI is InChI=1S/C18H25FN2O3/c1-23-15-10-14(11-20-8-4-5-9-20)21(12-15)18(22)13-24-17-7-3-2-6-16(17)19/h2-3,6-7,14-15H,4-5,8-13H2,1H3/t14-,15-/m0/s1. The molecule has 2 aliphatic heterocycles. The quantitative estimate of drug-likeness (QED) is 0.796. The van der Waals surface area contributed by atoms with Crippen molar-refractivity contribution in [2.24, 2.45) is 0 Å². The second kappa shape index (κ2) is 7.94. The molecule has 24 heavy (non-hydrogen) atoms. The smallest absolute Gasteiger partial charge is 0.260 e. The summed E-state index contributed by atoms with van der Waals surface area (Å²) in [6.07, 6.45) is 3.36. The summed E-state index contributed by atoms with van der Waals surface area (Å²) in [4.78, 5) is 16.8. The van der Waals surface area contributed by atoms with Crippen LogP contribution in [0.4, 0.5) is 4.39 Å². The largest absolute Gasteiger partial charge is 0.481 e. The van der Waals surface area contributed by atoms with Gasteiger partial charge in [0.05, 0.1) is 6.10 Å². The average molecular weight is 336 g/mol. The van der Waals surface area contributed by atoms with Gasteiger partial charge in [-0.25, -0.2) is 4.39 Å². The van der Waals surface area contributed by atoms with Crippen molar-refractivity contribution in [3.63, 3.8) is 0 Å². The van der Waals surface area contributed by atoms with Crippen molar-refractivity contribution < 1.29 is 18.7 Å². The zero-order valence-electron chi connectivity index (χ0n) is 14.1. The first-order valence-corrected chi connectivity index (χ1v) is 8.59. The third-order valence-electron chi connectivity index (χ3n) is 4.89. The molecule has 0 aromatic heterocycles. The van der Waals surface area contributed by atoms with Gasteiger partial charge >= 0.3 is 0 Å². The van der Waals surface area contributed by atoms with Crippen molar-refractivity contribution in [3.8, 4) is 5.75 Å². The highest BCUT2D eigenvalue weighted by atomic mass is 19.1. The molecule has 6 heteroatoms. The molecule has 3 rings (SSSR count). The van der Waals surface area contributed by atoms with E-state index in [1.54, 1.807) is 19.2 Å². The van der Waals surface area contributed by atoms with Gasteiger partial charge in [-0.15, -0.1) is 0 Å². The van der Waals surface area contributed by atoms with Gasteiger partial charge in [0, 0.05) is 26.2 Å². The number of halogens is 1. The summed E-state index contributed by atoms with van der Waals surface area (Å²) < 4.78 is 24.4. The molecular formula is C18H25FN2O3. The lowest BCUT2D eigenvalue weighted by Gasteiger charge is -2.28. The van der Waals surface area contributed by atoms with E-state index in [-0.39, 0.29) is 30.4 Å². The van der Waals surface area contributed by atoms with Crippen LogP contribution in [0.15, 0.2) is 24.3 Å². The minimum absolute atomic E-state index is 0.0648. The number of methoxy groups -OCH3 is 1. The molecule has 0 N–H and O–H groups in total. The number of hydrogen-bond donors (Lipinski definition) is 0. The molecule has 0 unspecified atom stereocenters. The second-order valence-electron chi connectivity index (χ2n) is 6.52. The Bertz CT molecular complexity index is 563. The zero-order chi connectivity index (χ0) is 16.9. The summed E-state index contributed by atoms with van der Waals surface area (Å²) in [5, 5.41) is 0. The third kappa shape index (κ3) is 4.05. The number of likely N-dealkylation sites (tertiary alicyclic amines) is 2. The highest BCUT2D eigenvalue weighted by molar-refractivity contribution is 5.78. The molecular weight excluding hydrogens is 311 g/mol. The van der Waals surface area contributed by atoms with Gasteiger partial charge in [-0.2, -0.15) is 0 Å². The molecule has 2 fully saturated rings. The van der Waals surface area contributed by atoms with Crippen molar-refractivity contribution >= 4 is 5.91 Å². The molecule has 0 spiro atoms. The Kier molecular flexibility index (Phi) is 5.68. The van der Waals surface area contributed by atoms with Gasteiger partial charge in [-0.1, -0.05) is 12.1 Å². The molecule has 0 aliphatic carbocycles. The normalized spacial score (nSPS) is 24.5. The fourth-order valence-electron chi connectivity index (χ4n) is 3.57. The first-order valence-electron chi connectivity index (χ1n) is 8.59. The van der Waals surface area contributed by atoms with Crippen LogP contribution >= 0.6 is 0 Å². The molecule has 0 bridgehead atoms. The summed E-state index contributed by atoms with van der Waals surface area (Å²) in [5.74, 6) is -0.443. The Morgan fingerprint density at radius 2 is 2.04 bits per heavy atom. The lowest BCUT2D eigenvalue weighted by atomic mass is 10.2. The summed E-state index contributed by atoms with van der Waals surface area (Å²) in [5.41, 5.74) is 0. The maximum absolute atomic E-state index is 13.6. The molecule has 2 saturated heterocycles. The maximum atomic E-state index is 13.6. The first kappa shape index (κ1) is 17.2. The fraction of sp³-hybridized carbons (Fsp3) is 0.611. The van der Waals surface area contributed by atoms with E-state index in [9.17, 15) is 9.18 Å². The van der Waals surface area contributed by atoms with E-state index < -0.39 is 5.82 Å². The van der Waals surface area contributed by atoms with Gasteiger partial charge in [0.15, 0.2) is 18.2 Å². The lowest BCUT2D eigenvalue weighted by Crippen LogP contribution is -2.44. The van der Waals surface area contributed by atoms with Gasteiger partial charge in [-0.05, 0) is 44.5 Å². The number of amides is 1. The molecule has 132 valence electrons. The van der Waals surface area contributed by atoms with Crippen molar-refractivity contribution in [2.45, 2.75) is 31.4 Å². The average Bonchev–Trinajstić information content (AvgIpc) is 3.24. The first-order chi connectivity index (χ1) is 11.7. The summed E-state index contributed by atoms with van der Waals surface area (Å²) in [6.45, 7) is 3.51. The Morgan fingerprint density at radius 1 is 1.29 bits per heavy atom. The van der Waals surface area contributed by atoms with Crippen LogP contribution in [-0.4, -0.2) is 67.7 Å². The van der Waals surface area contributed by atoms with Crippen molar-refractivity contribution in [1.29, 1.82) is 0 Å². The number of para-hydroxylation sites is 1. The Labute approximate surface area is 142 Å². The topological polar surface area (TPSA) is 42.0 Å². The molecule has 1 aromatic carbocycles. The van der Waals surface area contributed by atoms with Crippen LogP contribution in [-0.2, 0) is 9.53 Å². The lowest BCUT2D eigenvalue weighted by molar-refractivity contribution is -0.134. The fourth-order valence-corrected chi connectivity index (χ4v) is 3.57. The molecule has 0 radical (unpaired) electrons. The minimum atomic E-state index is -0.449. The monoisotopic (exact) mass is 336 g/mol. The summed E-state index contributed by atoms with van der Waals surface area (Å²) in [7, 11) is 1.68. The predicted molar refractivity (Wildman–Crippen MR) is 88.5 cm³/mol. The van der Waals surface area contributed by atoms with Crippen LogP contribution in [0, 0.1) is 5.82 Å². The number of carbonyl (C=O) groups excluding carboxylic acids is 1. The molecule has 1 aromatic rings. The molecule has 5 nitrogen and oxygen atoms in total. The van der Waals surface area contributed by atoms with E-state index >= 15 is 0 Å². The summed E-state index contributed by atoms with van der Waals surface area (Å²) in [6, 6.07) is 6.29. The van der Waals surface area contributed by atoms with Crippen LogP contribution in [0.2, 0.25) is 0 Å². The van der Waals surface area contributed by atoms with Crippen LogP contribution < -0.4 is 4.74 Å². The van der Waals surface area contributed by atoms with Gasteiger partial charge in [0.2, 0.25) is 0 Å². The van der Waals surface area contributed by atoms with Crippen LogP contribution in [0.25, 0.3) is 0 Å². The number of ether oxygens (including phenoxy) is 2. The number of hydrogen-bond acceptors (Lipinski definition) is 4. The highest BCUT2D eigenvalue weighted by Crippen LogP contribution is 2.23. The molecule has 1 amide bonds. The SMILES string of the molecule is CO[C@H]1C[C@@H](CN2CCCC2)N(C(=O)COc2ccccc2F)C1. The van der Waals surface area contributed by atoms with Gasteiger partial charge < -0.3 is 19.3 Å². The van der Waals surface area contributed by atoms with E-state index in [0.29, 0.717) is 6.54 Å². The highest BCUT2D eigenvalue weighted by Gasteiger charge is 2.36. The van der Waals surface area contributed by atoms with Gasteiger partial charge in [-0.3, -0.25) is 4.79 Å². The maximum Gasteiger partial charge on any atom is 0.260 e. The van der Waals surface area contributed by atoms with Gasteiger partial charge in [0.25, 0.3) is 5.91 Å². The molecule has 2 atom stereocenters. The number of nitrogens with zero attached hydrogens (tertiary/aromatic N) is 2. The third-order valence-corrected chi connectivity index (χ3v) is 4.89. The molecule has 2 heterocycles. The zero-order valence-corrected chi connectivity index (χ0v) is 14.1. The van der Waals surface area contributed by atoms with E-state index in [4.69, 9.17) is 9.47 Å². The number of carbonyl (C=O) groups is 1. The van der Waals surface area contributed by atoms with Crippen LogP contribution in [0.1, 0.15) is 19.3 Å². The van der Waals surface area contributed by atoms with Crippen LogP contribution in [0.5, 0.6) is 5.75 Å². The van der Waals surface area contributed by atoms with Crippen molar-refractivity contribution in [2.75, 3.05) is 39.9 Å². The minimum Gasteiger partial charge on any atom is -0.481 e. The Morgan fingerprint density at radius 3 is 2.75 bits per heavy atom. The predicted octanol–water partition coefficient (Wildman–Crippen LogP) is 1.92. The Hall–Kier alpha value is -1.66. The van der Waals surface area contributed by atoms with E-state index in [1.165, 1.54) is 25.0 Å². The summed E-state index contributed by atoms with van der Waals surface area (Å²) >= 11 is 0. The van der Waals surface area contributed by atoms with Gasteiger partial charge in [0.1, 0.15) is 0 Å². The molecule has 0 saturated carbocycles. The Balaban J connectivity index is 1.59. The van der Waals surface area contributed by atoms with E-state index in [1.807, 2.05) is 4.90 Å². The van der Waals surface area contributed by atoms with E-state index in [0.717, 1.165) is 26.1 Å².